The van der Waals surface area contributed by atoms with E-state index in [-0.39, 0.29) is 18.2 Å². The minimum absolute atomic E-state index is 0.0501. The molecule has 2 amide bonds. The molecule has 0 saturated carbocycles. The van der Waals surface area contributed by atoms with Crippen LogP contribution in [-0.2, 0) is 9.59 Å². The highest BCUT2D eigenvalue weighted by Gasteiger charge is 2.10. The lowest BCUT2D eigenvalue weighted by molar-refractivity contribution is -0.116. The Labute approximate surface area is 156 Å². The predicted molar refractivity (Wildman–Crippen MR) is 103 cm³/mol. The van der Waals surface area contributed by atoms with Gasteiger partial charge in [-0.1, -0.05) is 12.1 Å². The van der Waals surface area contributed by atoms with Gasteiger partial charge in [0.25, 0.3) is 0 Å². The molecule has 0 radical (unpaired) electrons. The number of nitrogens with two attached hydrogens (primary N) is 1. The first kappa shape index (κ1) is 19.5. The van der Waals surface area contributed by atoms with Gasteiger partial charge in [0.2, 0.25) is 11.8 Å². The molecule has 0 spiro atoms. The first-order chi connectivity index (χ1) is 12.5. The van der Waals surface area contributed by atoms with E-state index in [1.807, 2.05) is 24.3 Å². The van der Waals surface area contributed by atoms with E-state index in [1.165, 1.54) is 18.9 Å². The van der Waals surface area contributed by atoms with Crippen molar-refractivity contribution >= 4 is 35.0 Å². The molecule has 0 aliphatic heterocycles. The van der Waals surface area contributed by atoms with Crippen molar-refractivity contribution < 1.29 is 19.1 Å². The fraction of sp³-hybridized carbons (Fsp3) is 0.222. The van der Waals surface area contributed by atoms with E-state index in [2.05, 4.69) is 10.6 Å². The minimum atomic E-state index is -0.396. The van der Waals surface area contributed by atoms with Gasteiger partial charge < -0.3 is 25.8 Å². The molecule has 0 bridgehead atoms. The van der Waals surface area contributed by atoms with Gasteiger partial charge in [0.15, 0.2) is 0 Å². The number of hydrogen-bond donors (Lipinski definition) is 3. The van der Waals surface area contributed by atoms with E-state index in [0.29, 0.717) is 17.2 Å². The van der Waals surface area contributed by atoms with Crippen molar-refractivity contribution in [1.29, 1.82) is 0 Å². The summed E-state index contributed by atoms with van der Waals surface area (Å²) in [6, 6.07) is 12.6. The lowest BCUT2D eigenvalue weighted by atomic mass is 10.2. The molecule has 138 valence electrons. The second kappa shape index (κ2) is 9.57. The fourth-order valence-corrected chi connectivity index (χ4v) is 2.94. The number of primary amides is 1. The average Bonchev–Trinajstić information content (AvgIpc) is 2.65. The van der Waals surface area contributed by atoms with Gasteiger partial charge in [-0.2, -0.15) is 0 Å². The number of thioether (sulfide) groups is 1. The van der Waals surface area contributed by atoms with Crippen LogP contribution in [-0.4, -0.2) is 38.3 Å². The Morgan fingerprint density at radius 3 is 2.54 bits per heavy atom. The molecule has 2 aromatic rings. The van der Waals surface area contributed by atoms with E-state index in [4.69, 9.17) is 15.2 Å². The van der Waals surface area contributed by atoms with E-state index >= 15 is 0 Å². The van der Waals surface area contributed by atoms with E-state index in [9.17, 15) is 9.59 Å². The molecular weight excluding hydrogens is 354 g/mol. The van der Waals surface area contributed by atoms with Gasteiger partial charge >= 0.3 is 0 Å². The molecule has 0 fully saturated rings. The molecule has 0 unspecified atom stereocenters. The second-order valence-electron chi connectivity index (χ2n) is 5.22. The van der Waals surface area contributed by atoms with Gasteiger partial charge in [-0.25, -0.2) is 0 Å². The van der Waals surface area contributed by atoms with Gasteiger partial charge in [-0.05, 0) is 24.3 Å². The molecule has 0 saturated heterocycles. The highest BCUT2D eigenvalue weighted by atomic mass is 32.2. The Kier molecular flexibility index (Phi) is 7.16. The zero-order valence-corrected chi connectivity index (χ0v) is 15.4. The van der Waals surface area contributed by atoms with Crippen molar-refractivity contribution in [3.05, 3.63) is 42.5 Å². The standard InChI is InChI=1S/C18H21N3O4S/c1-24-12-7-8-15(25-2)14(9-12)21-18(23)10-20-13-5-3-4-6-16(13)26-11-17(19)22/h3-9,20H,10-11H2,1-2H3,(H2,19,22)(H,21,23). The summed E-state index contributed by atoms with van der Waals surface area (Å²) in [5, 5.41) is 5.85. The second-order valence-corrected chi connectivity index (χ2v) is 6.24. The number of para-hydroxylation sites is 1. The lowest BCUT2D eigenvalue weighted by Crippen LogP contribution is -2.22. The van der Waals surface area contributed by atoms with Gasteiger partial charge in [0, 0.05) is 16.6 Å². The van der Waals surface area contributed by atoms with E-state index < -0.39 is 5.91 Å². The fourth-order valence-electron chi connectivity index (χ4n) is 2.17. The number of anilines is 2. The van der Waals surface area contributed by atoms with Crippen molar-refractivity contribution in [2.24, 2.45) is 5.73 Å². The highest BCUT2D eigenvalue weighted by Crippen LogP contribution is 2.29. The zero-order chi connectivity index (χ0) is 18.9. The summed E-state index contributed by atoms with van der Waals surface area (Å²) in [5.74, 6) is 0.684. The molecule has 2 rings (SSSR count). The molecule has 0 atom stereocenters. The maximum atomic E-state index is 12.3. The van der Waals surface area contributed by atoms with Crippen LogP contribution in [0.5, 0.6) is 11.5 Å². The van der Waals surface area contributed by atoms with Crippen LogP contribution < -0.4 is 25.8 Å². The van der Waals surface area contributed by atoms with Gasteiger partial charge in [0.1, 0.15) is 11.5 Å². The van der Waals surface area contributed by atoms with E-state index in [1.54, 1.807) is 25.3 Å². The van der Waals surface area contributed by atoms with Crippen molar-refractivity contribution in [3.8, 4) is 11.5 Å². The van der Waals surface area contributed by atoms with Crippen LogP contribution in [0.4, 0.5) is 11.4 Å². The summed E-state index contributed by atoms with van der Waals surface area (Å²) < 4.78 is 10.4. The number of benzene rings is 2. The first-order valence-electron chi connectivity index (χ1n) is 7.79. The summed E-state index contributed by atoms with van der Waals surface area (Å²) in [7, 11) is 3.08. The third-order valence-electron chi connectivity index (χ3n) is 3.38. The van der Waals surface area contributed by atoms with Gasteiger partial charge in [0.05, 0.1) is 32.2 Å². The van der Waals surface area contributed by atoms with Gasteiger partial charge in [-0.3, -0.25) is 9.59 Å². The molecule has 0 aromatic heterocycles. The minimum Gasteiger partial charge on any atom is -0.497 e. The Morgan fingerprint density at radius 2 is 1.85 bits per heavy atom. The number of methoxy groups -OCH3 is 2. The third-order valence-corrected chi connectivity index (χ3v) is 4.47. The van der Waals surface area contributed by atoms with Gasteiger partial charge in [-0.15, -0.1) is 11.8 Å². The Balaban J connectivity index is 2.00. The summed E-state index contributed by atoms with van der Waals surface area (Å²) in [6.07, 6.45) is 0. The molecule has 0 aliphatic rings. The molecule has 0 heterocycles. The molecule has 4 N–H and O–H groups in total. The van der Waals surface area contributed by atoms with Crippen molar-refractivity contribution in [2.45, 2.75) is 4.90 Å². The van der Waals surface area contributed by atoms with Crippen LogP contribution in [0.3, 0.4) is 0 Å². The molecular formula is C18H21N3O4S. The van der Waals surface area contributed by atoms with Crippen LogP contribution in [0.2, 0.25) is 0 Å². The van der Waals surface area contributed by atoms with Crippen LogP contribution in [0.25, 0.3) is 0 Å². The largest absolute Gasteiger partial charge is 0.497 e. The first-order valence-corrected chi connectivity index (χ1v) is 8.78. The quantitative estimate of drug-likeness (QED) is 0.581. The zero-order valence-electron chi connectivity index (χ0n) is 14.6. The maximum Gasteiger partial charge on any atom is 0.243 e. The number of carbonyl (C=O) groups excluding carboxylic acids is 2. The monoisotopic (exact) mass is 375 g/mol. The molecule has 26 heavy (non-hydrogen) atoms. The number of ether oxygens (including phenoxy) is 2. The van der Waals surface area contributed by atoms with Crippen molar-refractivity contribution in [2.75, 3.05) is 37.2 Å². The average molecular weight is 375 g/mol. The van der Waals surface area contributed by atoms with Crippen LogP contribution in [0, 0.1) is 0 Å². The number of carbonyl (C=O) groups is 2. The topological polar surface area (TPSA) is 103 Å². The Hall–Kier alpha value is -2.87. The normalized spacial score (nSPS) is 10.1. The maximum absolute atomic E-state index is 12.3. The molecule has 8 heteroatoms. The van der Waals surface area contributed by atoms with Crippen LogP contribution >= 0.6 is 11.8 Å². The Morgan fingerprint density at radius 1 is 1.08 bits per heavy atom. The molecule has 7 nitrogen and oxygen atoms in total. The smallest absolute Gasteiger partial charge is 0.243 e. The third kappa shape index (κ3) is 5.59. The molecule has 2 aromatic carbocycles. The summed E-state index contributed by atoms with van der Waals surface area (Å²) in [6.45, 7) is 0.0501. The number of rotatable bonds is 9. The lowest BCUT2D eigenvalue weighted by Gasteiger charge is -2.13. The SMILES string of the molecule is COc1ccc(OC)c(NC(=O)CNc2ccccc2SCC(N)=O)c1. The van der Waals surface area contributed by atoms with E-state index in [0.717, 1.165) is 10.6 Å². The number of nitrogens with one attached hydrogen (secondary N) is 2. The number of hydrogen-bond acceptors (Lipinski definition) is 6. The Bertz CT molecular complexity index is 783. The highest BCUT2D eigenvalue weighted by molar-refractivity contribution is 8.00. The summed E-state index contributed by atoms with van der Waals surface area (Å²) in [5.41, 5.74) is 6.46. The van der Waals surface area contributed by atoms with Crippen molar-refractivity contribution in [3.63, 3.8) is 0 Å². The van der Waals surface area contributed by atoms with Crippen LogP contribution in [0.15, 0.2) is 47.4 Å². The number of amides is 2. The summed E-state index contributed by atoms with van der Waals surface area (Å²) in [4.78, 5) is 24.1. The molecule has 0 aliphatic carbocycles. The summed E-state index contributed by atoms with van der Waals surface area (Å²) >= 11 is 1.32. The van der Waals surface area contributed by atoms with Crippen LogP contribution in [0.1, 0.15) is 0 Å². The predicted octanol–water partition coefficient (Wildman–Crippen LogP) is 2.33. The van der Waals surface area contributed by atoms with Crippen molar-refractivity contribution in [1.82, 2.24) is 0 Å².